The lowest BCUT2D eigenvalue weighted by Gasteiger charge is -1.96. The van der Waals surface area contributed by atoms with Crippen LogP contribution >= 0.6 is 0 Å². The number of H-pyrrole nitrogens is 1. The zero-order chi connectivity index (χ0) is 13.9. The fourth-order valence-electron chi connectivity index (χ4n) is 1.46. The van der Waals surface area contributed by atoms with Crippen LogP contribution in [0.2, 0.25) is 0 Å². The highest BCUT2D eigenvalue weighted by Gasteiger charge is 2.14. The van der Waals surface area contributed by atoms with Crippen molar-refractivity contribution in [3.05, 3.63) is 29.6 Å². The minimum atomic E-state index is -0.393. The maximum Gasteiger partial charge on any atom is 0.273 e. The van der Waals surface area contributed by atoms with Crippen LogP contribution in [0.3, 0.4) is 0 Å². The Labute approximate surface area is 111 Å². The summed E-state index contributed by atoms with van der Waals surface area (Å²) in [5.41, 5.74) is 0.650. The van der Waals surface area contributed by atoms with E-state index < -0.39 is 5.91 Å². The molecule has 0 spiro atoms. The monoisotopic (exact) mass is 275 g/mol. The number of nitrogens with zero attached hydrogens (tertiary/aromatic N) is 5. The summed E-state index contributed by atoms with van der Waals surface area (Å²) in [7, 11) is 0. The Balaban J connectivity index is 1.64. The van der Waals surface area contributed by atoms with Crippen molar-refractivity contribution in [1.82, 2.24) is 36.0 Å². The maximum atomic E-state index is 11.6. The maximum absolute atomic E-state index is 11.6. The van der Waals surface area contributed by atoms with Gasteiger partial charge in [-0.15, -0.1) is 0 Å². The highest BCUT2D eigenvalue weighted by molar-refractivity contribution is 5.91. The molecule has 0 aliphatic carbocycles. The van der Waals surface area contributed by atoms with Crippen LogP contribution in [-0.4, -0.2) is 36.6 Å². The number of amides is 1. The van der Waals surface area contributed by atoms with Gasteiger partial charge in [-0.3, -0.25) is 4.79 Å². The second kappa shape index (κ2) is 4.91. The first-order chi connectivity index (χ1) is 9.72. The van der Waals surface area contributed by atoms with Crippen molar-refractivity contribution in [3.8, 4) is 11.5 Å². The molecule has 0 saturated carbocycles. The molecule has 3 aromatic rings. The fraction of sp³-hybridized carbons (Fsp3) is 0.200. The summed E-state index contributed by atoms with van der Waals surface area (Å²) in [6.07, 6.45) is 1.31. The molecule has 0 aromatic carbocycles. The minimum Gasteiger partial charge on any atom is -0.361 e. The molecule has 10 nitrogen and oxygen atoms in total. The summed E-state index contributed by atoms with van der Waals surface area (Å²) in [6.45, 7) is 1.84. The number of aryl methyl sites for hydroxylation is 1. The number of hydrogen-bond acceptors (Lipinski definition) is 8. The third-order valence-electron chi connectivity index (χ3n) is 2.37. The van der Waals surface area contributed by atoms with Crippen molar-refractivity contribution >= 4 is 5.91 Å². The Hall–Kier alpha value is -3.04. The molecule has 0 atom stereocenters. The average Bonchev–Trinajstić information content (AvgIpc) is 3.16. The molecule has 3 heterocycles. The number of nitrogens with one attached hydrogen (secondary N) is 2. The van der Waals surface area contributed by atoms with Crippen molar-refractivity contribution in [2.75, 3.05) is 0 Å². The van der Waals surface area contributed by atoms with E-state index in [0.29, 0.717) is 17.3 Å². The molecule has 0 aliphatic rings. The topological polar surface area (TPSA) is 136 Å². The van der Waals surface area contributed by atoms with E-state index in [1.54, 1.807) is 13.0 Å². The van der Waals surface area contributed by atoms with Crippen LogP contribution in [0.1, 0.15) is 22.1 Å². The van der Waals surface area contributed by atoms with Crippen molar-refractivity contribution in [1.29, 1.82) is 0 Å². The molecule has 0 saturated heterocycles. The van der Waals surface area contributed by atoms with E-state index in [1.807, 2.05) is 0 Å². The first kappa shape index (κ1) is 12.0. The van der Waals surface area contributed by atoms with E-state index in [2.05, 4.69) is 36.0 Å². The van der Waals surface area contributed by atoms with E-state index in [-0.39, 0.29) is 18.1 Å². The van der Waals surface area contributed by atoms with Gasteiger partial charge in [-0.25, -0.2) is 0 Å². The van der Waals surface area contributed by atoms with Crippen LogP contribution in [0.4, 0.5) is 0 Å². The summed E-state index contributed by atoms with van der Waals surface area (Å²) < 4.78 is 9.91. The Morgan fingerprint density at radius 1 is 1.40 bits per heavy atom. The van der Waals surface area contributed by atoms with Crippen molar-refractivity contribution < 1.29 is 13.8 Å². The van der Waals surface area contributed by atoms with Crippen molar-refractivity contribution in [2.24, 2.45) is 0 Å². The minimum absolute atomic E-state index is 0.0789. The van der Waals surface area contributed by atoms with Gasteiger partial charge in [-0.1, -0.05) is 10.3 Å². The van der Waals surface area contributed by atoms with Crippen LogP contribution in [0.25, 0.3) is 11.5 Å². The van der Waals surface area contributed by atoms with Crippen LogP contribution < -0.4 is 5.32 Å². The van der Waals surface area contributed by atoms with Crippen LogP contribution in [0, 0.1) is 6.92 Å². The van der Waals surface area contributed by atoms with E-state index >= 15 is 0 Å². The van der Waals surface area contributed by atoms with Gasteiger partial charge < -0.3 is 14.4 Å². The van der Waals surface area contributed by atoms with Crippen molar-refractivity contribution in [2.45, 2.75) is 13.5 Å². The molecule has 10 heteroatoms. The predicted octanol–water partition coefficient (Wildman–Crippen LogP) is 0.0811. The molecule has 0 unspecified atom stereocenters. The van der Waals surface area contributed by atoms with E-state index in [1.165, 1.54) is 6.20 Å². The molecule has 3 rings (SSSR count). The zero-order valence-electron chi connectivity index (χ0n) is 10.3. The molecule has 0 aliphatic heterocycles. The normalized spacial score (nSPS) is 10.7. The summed E-state index contributed by atoms with van der Waals surface area (Å²) >= 11 is 0. The van der Waals surface area contributed by atoms with Gasteiger partial charge in [0.2, 0.25) is 11.7 Å². The quantitative estimate of drug-likeness (QED) is 0.683. The molecule has 2 N–H and O–H groups in total. The second-order valence-corrected chi connectivity index (χ2v) is 3.87. The number of aromatic nitrogens is 6. The molecule has 0 bridgehead atoms. The highest BCUT2D eigenvalue weighted by atomic mass is 16.5. The van der Waals surface area contributed by atoms with Gasteiger partial charge in [0.15, 0.2) is 11.4 Å². The molecular weight excluding hydrogens is 266 g/mol. The standard InChI is InChI=1S/C10H9N7O3/c1-5-2-6(15-19-5)9-13-8(20-16-9)4-11-10(18)7-3-12-17-14-7/h2-3H,4H2,1H3,(H,11,18)(H,12,14,17). The average molecular weight is 275 g/mol. The third-order valence-corrected chi connectivity index (χ3v) is 2.37. The molecule has 0 radical (unpaired) electrons. The van der Waals surface area contributed by atoms with Gasteiger partial charge in [-0.05, 0) is 6.92 Å². The van der Waals surface area contributed by atoms with E-state index in [0.717, 1.165) is 0 Å². The largest absolute Gasteiger partial charge is 0.361 e. The predicted molar refractivity (Wildman–Crippen MR) is 62.1 cm³/mol. The molecule has 1 amide bonds. The van der Waals surface area contributed by atoms with E-state index in [9.17, 15) is 4.79 Å². The Morgan fingerprint density at radius 3 is 3.00 bits per heavy atom. The SMILES string of the molecule is Cc1cc(-c2noc(CNC(=O)c3cn[nH]n3)n2)no1. The second-order valence-electron chi connectivity index (χ2n) is 3.87. The van der Waals surface area contributed by atoms with E-state index in [4.69, 9.17) is 9.05 Å². The Bertz CT molecular complexity index is 715. The molecular formula is C10H9N7O3. The lowest BCUT2D eigenvalue weighted by atomic mass is 10.4. The Morgan fingerprint density at radius 2 is 2.30 bits per heavy atom. The number of carbonyl (C=O) groups is 1. The van der Waals surface area contributed by atoms with Crippen LogP contribution in [-0.2, 0) is 6.54 Å². The van der Waals surface area contributed by atoms with Crippen molar-refractivity contribution in [3.63, 3.8) is 0 Å². The number of carbonyl (C=O) groups excluding carboxylic acids is 1. The lowest BCUT2D eigenvalue weighted by molar-refractivity contribution is 0.0941. The number of rotatable bonds is 4. The molecule has 102 valence electrons. The smallest absolute Gasteiger partial charge is 0.273 e. The summed E-state index contributed by atoms with van der Waals surface area (Å²) in [5.74, 6) is 0.798. The molecule has 0 fully saturated rings. The first-order valence-electron chi connectivity index (χ1n) is 5.62. The number of aromatic amines is 1. The van der Waals surface area contributed by atoms with Gasteiger partial charge in [0.1, 0.15) is 5.76 Å². The van der Waals surface area contributed by atoms with Gasteiger partial charge in [0.25, 0.3) is 5.91 Å². The van der Waals surface area contributed by atoms with Crippen LogP contribution in [0.15, 0.2) is 21.3 Å². The highest BCUT2D eigenvalue weighted by Crippen LogP contribution is 2.14. The summed E-state index contributed by atoms with van der Waals surface area (Å²) in [5, 5.41) is 19.6. The van der Waals surface area contributed by atoms with Gasteiger partial charge >= 0.3 is 0 Å². The third kappa shape index (κ3) is 2.39. The summed E-state index contributed by atoms with van der Waals surface area (Å²) in [4.78, 5) is 15.7. The van der Waals surface area contributed by atoms with Gasteiger partial charge in [0.05, 0.1) is 12.7 Å². The molecule has 3 aromatic heterocycles. The first-order valence-corrected chi connectivity index (χ1v) is 5.62. The zero-order valence-corrected chi connectivity index (χ0v) is 10.3. The van der Waals surface area contributed by atoms with Crippen LogP contribution in [0.5, 0.6) is 0 Å². The molecule has 20 heavy (non-hydrogen) atoms. The van der Waals surface area contributed by atoms with Gasteiger partial charge in [-0.2, -0.15) is 20.4 Å². The number of hydrogen-bond donors (Lipinski definition) is 2. The summed E-state index contributed by atoms with van der Waals surface area (Å²) in [6, 6.07) is 1.68. The Kier molecular flexibility index (Phi) is 2.95. The lowest BCUT2D eigenvalue weighted by Crippen LogP contribution is -2.23. The fourth-order valence-corrected chi connectivity index (χ4v) is 1.46. The van der Waals surface area contributed by atoms with Gasteiger partial charge in [0, 0.05) is 6.07 Å².